The van der Waals surface area contributed by atoms with Gasteiger partial charge in [0, 0.05) is 23.7 Å². The van der Waals surface area contributed by atoms with E-state index in [-0.39, 0.29) is 5.56 Å². The third-order valence-electron chi connectivity index (χ3n) is 3.65. The summed E-state index contributed by atoms with van der Waals surface area (Å²) >= 11 is 0. The average molecular weight is 355 g/mol. The lowest BCUT2D eigenvalue weighted by Crippen LogP contribution is -2.21. The number of ether oxygens (including phenoxy) is 3. The molecular formula is C19H17NO6. The van der Waals surface area contributed by atoms with E-state index in [2.05, 4.69) is 5.32 Å². The van der Waals surface area contributed by atoms with Crippen LogP contribution >= 0.6 is 0 Å². The van der Waals surface area contributed by atoms with Gasteiger partial charge >= 0.3 is 5.97 Å². The van der Waals surface area contributed by atoms with Gasteiger partial charge in [-0.15, -0.1) is 0 Å². The maximum Gasteiger partial charge on any atom is 0.338 e. The summed E-state index contributed by atoms with van der Waals surface area (Å²) in [5.74, 6) is 0.0758. The largest absolute Gasteiger partial charge is 0.490 e. The zero-order valence-corrected chi connectivity index (χ0v) is 13.9. The summed E-state index contributed by atoms with van der Waals surface area (Å²) in [6.45, 7) is 0.704. The minimum atomic E-state index is -0.642. The van der Waals surface area contributed by atoms with Crippen molar-refractivity contribution in [1.29, 1.82) is 0 Å². The first-order valence-corrected chi connectivity index (χ1v) is 8.07. The van der Waals surface area contributed by atoms with Gasteiger partial charge in [0.05, 0.1) is 18.8 Å². The molecule has 1 aliphatic rings. The molecule has 0 radical (unpaired) electrons. The molecule has 0 aromatic heterocycles. The number of benzene rings is 2. The Morgan fingerprint density at radius 1 is 1.04 bits per heavy atom. The summed E-state index contributed by atoms with van der Waals surface area (Å²) in [5.41, 5.74) is 1.23. The van der Waals surface area contributed by atoms with E-state index in [1.807, 2.05) is 0 Å². The molecule has 1 N–H and O–H groups in total. The van der Waals surface area contributed by atoms with Crippen molar-refractivity contribution >= 4 is 23.9 Å². The highest BCUT2D eigenvalue weighted by atomic mass is 16.5. The van der Waals surface area contributed by atoms with Gasteiger partial charge in [0.2, 0.25) is 0 Å². The summed E-state index contributed by atoms with van der Waals surface area (Å²) in [4.78, 5) is 34.5. The molecule has 7 heteroatoms. The molecule has 0 aliphatic carbocycles. The van der Waals surface area contributed by atoms with E-state index in [9.17, 15) is 14.4 Å². The van der Waals surface area contributed by atoms with Gasteiger partial charge < -0.3 is 19.5 Å². The predicted octanol–water partition coefficient (Wildman–Crippen LogP) is 2.46. The molecule has 7 nitrogen and oxygen atoms in total. The molecule has 134 valence electrons. The van der Waals surface area contributed by atoms with Crippen LogP contribution in [-0.2, 0) is 9.53 Å². The molecule has 2 aromatic rings. The molecule has 26 heavy (non-hydrogen) atoms. The van der Waals surface area contributed by atoms with E-state index in [0.717, 1.165) is 6.42 Å². The van der Waals surface area contributed by atoms with E-state index in [0.29, 0.717) is 42.2 Å². The summed E-state index contributed by atoms with van der Waals surface area (Å²) in [5, 5.41) is 2.64. The van der Waals surface area contributed by atoms with Crippen LogP contribution in [-0.4, -0.2) is 38.0 Å². The van der Waals surface area contributed by atoms with Gasteiger partial charge in [-0.25, -0.2) is 4.79 Å². The van der Waals surface area contributed by atoms with Crippen molar-refractivity contribution in [2.24, 2.45) is 0 Å². The molecule has 1 heterocycles. The third kappa shape index (κ3) is 4.38. The van der Waals surface area contributed by atoms with Crippen molar-refractivity contribution in [1.82, 2.24) is 0 Å². The van der Waals surface area contributed by atoms with Crippen LogP contribution < -0.4 is 14.8 Å². The van der Waals surface area contributed by atoms with Crippen LogP contribution in [0.5, 0.6) is 11.5 Å². The summed E-state index contributed by atoms with van der Waals surface area (Å²) in [6.07, 6.45) is 1.47. The van der Waals surface area contributed by atoms with Crippen molar-refractivity contribution in [3.63, 3.8) is 0 Å². The Bertz CT molecular complexity index is 815. The number of carbonyl (C=O) groups is 3. The average Bonchev–Trinajstić information content (AvgIpc) is 2.91. The molecule has 1 amide bonds. The summed E-state index contributed by atoms with van der Waals surface area (Å²) in [6, 6.07) is 11.0. The second kappa shape index (κ2) is 8.15. The molecule has 3 rings (SSSR count). The molecule has 0 unspecified atom stereocenters. The molecule has 0 saturated carbocycles. The Balaban J connectivity index is 1.54. The molecule has 0 spiro atoms. The maximum atomic E-state index is 12.0. The standard InChI is InChI=1S/C19H17NO6/c21-11-13-2-4-14(5-3-13)19(23)26-12-18(22)20-15-6-7-16-17(10-15)25-9-1-8-24-16/h2-7,10-11H,1,8-9,12H2,(H,20,22). The van der Waals surface area contributed by atoms with E-state index < -0.39 is 18.5 Å². The molecule has 2 aromatic carbocycles. The number of hydrogen-bond acceptors (Lipinski definition) is 6. The van der Waals surface area contributed by atoms with Crippen LogP contribution in [0.1, 0.15) is 27.1 Å². The third-order valence-corrected chi connectivity index (χ3v) is 3.65. The second-order valence-corrected chi connectivity index (χ2v) is 5.58. The molecule has 1 aliphatic heterocycles. The number of esters is 1. The van der Waals surface area contributed by atoms with Crippen molar-refractivity contribution < 1.29 is 28.6 Å². The van der Waals surface area contributed by atoms with Gasteiger partial charge in [-0.05, 0) is 24.3 Å². The fourth-order valence-corrected chi connectivity index (χ4v) is 2.35. The monoisotopic (exact) mass is 355 g/mol. The van der Waals surface area contributed by atoms with Gasteiger partial charge in [-0.2, -0.15) is 0 Å². The van der Waals surface area contributed by atoms with Gasteiger partial charge in [-0.1, -0.05) is 12.1 Å². The highest BCUT2D eigenvalue weighted by Gasteiger charge is 2.13. The minimum absolute atomic E-state index is 0.263. The lowest BCUT2D eigenvalue weighted by molar-refractivity contribution is -0.119. The van der Waals surface area contributed by atoms with E-state index in [1.54, 1.807) is 18.2 Å². The molecular weight excluding hydrogens is 338 g/mol. The lowest BCUT2D eigenvalue weighted by atomic mass is 10.1. The number of anilines is 1. The minimum Gasteiger partial charge on any atom is -0.490 e. The van der Waals surface area contributed by atoms with Crippen LogP contribution in [0.15, 0.2) is 42.5 Å². The quantitative estimate of drug-likeness (QED) is 0.654. The Hall–Kier alpha value is -3.35. The van der Waals surface area contributed by atoms with E-state index in [4.69, 9.17) is 14.2 Å². The molecule has 0 saturated heterocycles. The number of nitrogens with one attached hydrogen (secondary N) is 1. The fourth-order valence-electron chi connectivity index (χ4n) is 2.35. The lowest BCUT2D eigenvalue weighted by Gasteiger charge is -2.10. The van der Waals surface area contributed by atoms with Gasteiger partial charge in [0.1, 0.15) is 6.29 Å². The number of rotatable bonds is 5. The van der Waals surface area contributed by atoms with Gasteiger partial charge in [-0.3, -0.25) is 9.59 Å². The van der Waals surface area contributed by atoms with Crippen LogP contribution in [0.25, 0.3) is 0 Å². The maximum absolute atomic E-state index is 12.0. The molecule has 0 fully saturated rings. The summed E-state index contributed by atoms with van der Waals surface area (Å²) in [7, 11) is 0. The Morgan fingerprint density at radius 2 is 1.77 bits per heavy atom. The summed E-state index contributed by atoms with van der Waals surface area (Å²) < 4.78 is 16.1. The smallest absolute Gasteiger partial charge is 0.338 e. The highest BCUT2D eigenvalue weighted by Crippen LogP contribution is 2.32. The fraction of sp³-hybridized carbons (Fsp3) is 0.211. The number of carbonyl (C=O) groups excluding carboxylic acids is 3. The predicted molar refractivity (Wildman–Crippen MR) is 92.8 cm³/mol. The van der Waals surface area contributed by atoms with Crippen LogP contribution in [0, 0.1) is 0 Å². The normalized spacial score (nSPS) is 12.6. The van der Waals surface area contributed by atoms with Crippen LogP contribution in [0.3, 0.4) is 0 Å². The van der Waals surface area contributed by atoms with Crippen molar-refractivity contribution in [3.05, 3.63) is 53.6 Å². The van der Waals surface area contributed by atoms with Crippen molar-refractivity contribution in [3.8, 4) is 11.5 Å². The molecule has 0 bridgehead atoms. The zero-order chi connectivity index (χ0) is 18.4. The SMILES string of the molecule is O=Cc1ccc(C(=O)OCC(=O)Nc2ccc3c(c2)OCCCO3)cc1. The van der Waals surface area contributed by atoms with Crippen molar-refractivity contribution in [2.75, 3.05) is 25.1 Å². The van der Waals surface area contributed by atoms with Gasteiger partial charge in [0.15, 0.2) is 18.1 Å². The van der Waals surface area contributed by atoms with Crippen molar-refractivity contribution in [2.45, 2.75) is 6.42 Å². The second-order valence-electron chi connectivity index (χ2n) is 5.58. The van der Waals surface area contributed by atoms with Crippen LogP contribution in [0.2, 0.25) is 0 Å². The first kappa shape index (κ1) is 17.5. The number of aldehydes is 1. The Morgan fingerprint density at radius 3 is 2.50 bits per heavy atom. The van der Waals surface area contributed by atoms with E-state index >= 15 is 0 Å². The number of hydrogen-bond donors (Lipinski definition) is 1. The number of fused-ring (bicyclic) bond motifs is 1. The first-order valence-electron chi connectivity index (χ1n) is 8.07. The Labute approximate surface area is 149 Å². The van der Waals surface area contributed by atoms with Gasteiger partial charge in [0.25, 0.3) is 5.91 Å². The highest BCUT2D eigenvalue weighted by molar-refractivity contribution is 5.96. The first-order chi connectivity index (χ1) is 12.7. The van der Waals surface area contributed by atoms with Crippen LogP contribution in [0.4, 0.5) is 5.69 Å². The molecule has 0 atom stereocenters. The topological polar surface area (TPSA) is 90.9 Å². The van der Waals surface area contributed by atoms with E-state index in [1.165, 1.54) is 24.3 Å². The number of amides is 1. The zero-order valence-electron chi connectivity index (χ0n) is 13.9. The Kier molecular flexibility index (Phi) is 5.48.